The molecule has 0 aliphatic heterocycles. The molecule has 3 nitrogen and oxygen atoms in total. The van der Waals surface area contributed by atoms with Crippen molar-refractivity contribution in [2.24, 2.45) is 11.3 Å². The predicted molar refractivity (Wildman–Crippen MR) is 38.9 cm³/mol. The fourth-order valence-corrected chi connectivity index (χ4v) is 1.09. The Morgan fingerprint density at radius 1 is 1.82 bits per heavy atom. The van der Waals surface area contributed by atoms with E-state index in [-0.39, 0.29) is 17.3 Å². The van der Waals surface area contributed by atoms with E-state index in [4.69, 9.17) is 4.74 Å². The average Bonchev–Trinajstić information content (AvgIpc) is 2.59. The monoisotopic (exact) mass is 156 g/mol. The zero-order valence-electron chi connectivity index (χ0n) is 6.79. The van der Waals surface area contributed by atoms with Gasteiger partial charge in [0.25, 0.3) is 0 Å². The third-order valence-corrected chi connectivity index (χ3v) is 2.19. The lowest BCUT2D eigenvalue weighted by Gasteiger charge is -2.07. The minimum Gasteiger partial charge on any atom is -0.465 e. The van der Waals surface area contributed by atoms with E-state index in [0.717, 1.165) is 12.7 Å². The zero-order valence-corrected chi connectivity index (χ0v) is 6.79. The van der Waals surface area contributed by atoms with Crippen LogP contribution in [0.3, 0.4) is 0 Å². The Morgan fingerprint density at radius 2 is 2.45 bits per heavy atom. The van der Waals surface area contributed by atoms with Crippen LogP contribution in [0.15, 0.2) is 0 Å². The van der Waals surface area contributed by atoms with Crippen molar-refractivity contribution in [3.8, 4) is 0 Å². The number of carbonyl (C=O) groups is 2. The van der Waals surface area contributed by atoms with Gasteiger partial charge in [0.05, 0.1) is 6.61 Å². The van der Waals surface area contributed by atoms with Crippen LogP contribution in [0.25, 0.3) is 0 Å². The zero-order chi connectivity index (χ0) is 8.48. The van der Waals surface area contributed by atoms with Crippen molar-refractivity contribution in [3.63, 3.8) is 0 Å². The van der Waals surface area contributed by atoms with Gasteiger partial charge >= 0.3 is 5.97 Å². The molecule has 62 valence electrons. The van der Waals surface area contributed by atoms with E-state index in [2.05, 4.69) is 0 Å². The summed E-state index contributed by atoms with van der Waals surface area (Å²) in [6, 6.07) is 0. The summed E-state index contributed by atoms with van der Waals surface area (Å²) in [7, 11) is 0. The number of rotatable bonds is 3. The molecule has 1 aliphatic carbocycles. The van der Waals surface area contributed by atoms with E-state index in [0.29, 0.717) is 6.61 Å². The third-order valence-electron chi connectivity index (χ3n) is 2.19. The summed E-state index contributed by atoms with van der Waals surface area (Å²) in [5, 5.41) is 0. The molecule has 11 heavy (non-hydrogen) atoms. The van der Waals surface area contributed by atoms with Crippen LogP contribution in [0.2, 0.25) is 0 Å². The molecule has 1 aliphatic rings. The van der Waals surface area contributed by atoms with Gasteiger partial charge in [-0.1, -0.05) is 6.92 Å². The predicted octanol–water partition coefficient (Wildman–Crippen LogP) is 0.775. The number of carbonyl (C=O) groups excluding carboxylic acids is 2. The molecule has 0 amide bonds. The number of aldehydes is 1. The van der Waals surface area contributed by atoms with Crippen LogP contribution in [0.4, 0.5) is 0 Å². The van der Waals surface area contributed by atoms with E-state index in [1.54, 1.807) is 0 Å². The van der Waals surface area contributed by atoms with Crippen molar-refractivity contribution in [1.82, 2.24) is 0 Å². The normalized spacial score (nSPS) is 34.5. The molecule has 1 saturated carbocycles. The van der Waals surface area contributed by atoms with Gasteiger partial charge in [-0.2, -0.15) is 0 Å². The molecule has 0 unspecified atom stereocenters. The van der Waals surface area contributed by atoms with Gasteiger partial charge in [-0.15, -0.1) is 0 Å². The largest absolute Gasteiger partial charge is 0.465 e. The van der Waals surface area contributed by atoms with Gasteiger partial charge in [-0.3, -0.25) is 4.79 Å². The molecule has 0 spiro atoms. The van der Waals surface area contributed by atoms with Gasteiger partial charge < -0.3 is 9.53 Å². The molecular formula is C8H12O3. The second kappa shape index (κ2) is 2.64. The number of hydrogen-bond donors (Lipinski definition) is 0. The van der Waals surface area contributed by atoms with Crippen LogP contribution in [-0.2, 0) is 14.3 Å². The summed E-state index contributed by atoms with van der Waals surface area (Å²) in [5.74, 6) is -0.176. The summed E-state index contributed by atoms with van der Waals surface area (Å²) in [6.07, 6.45) is 1.78. The Labute approximate surface area is 65.7 Å². The van der Waals surface area contributed by atoms with Gasteiger partial charge in [0.2, 0.25) is 0 Å². The second-order valence-electron chi connectivity index (χ2n) is 3.38. The highest BCUT2D eigenvalue weighted by atomic mass is 16.5. The molecular weight excluding hydrogens is 144 g/mol. The van der Waals surface area contributed by atoms with Gasteiger partial charge in [-0.25, -0.2) is 0 Å². The first kappa shape index (κ1) is 8.24. The highest BCUT2D eigenvalue weighted by Gasteiger charge is 2.50. The highest BCUT2D eigenvalue weighted by Crippen LogP contribution is 2.50. The molecule has 0 radical (unpaired) electrons. The fraction of sp³-hybridized carbons (Fsp3) is 0.750. The lowest BCUT2D eigenvalue weighted by atomic mass is 10.1. The Hall–Kier alpha value is -0.860. The van der Waals surface area contributed by atoms with Crippen molar-refractivity contribution >= 4 is 12.3 Å². The topological polar surface area (TPSA) is 43.4 Å². The van der Waals surface area contributed by atoms with Crippen LogP contribution < -0.4 is 0 Å². The molecule has 0 bridgehead atoms. The summed E-state index contributed by atoms with van der Waals surface area (Å²) in [5.41, 5.74) is -0.0621. The Balaban J connectivity index is 2.28. The van der Waals surface area contributed by atoms with Crippen molar-refractivity contribution in [2.45, 2.75) is 20.3 Å². The first-order valence-corrected chi connectivity index (χ1v) is 3.67. The number of hydrogen-bond acceptors (Lipinski definition) is 3. The lowest BCUT2D eigenvalue weighted by Crippen LogP contribution is -2.12. The molecule has 2 atom stereocenters. The lowest BCUT2D eigenvalue weighted by molar-refractivity contribution is -0.143. The SMILES string of the molecule is CC(=O)OC[C@@]1(C)C[C@@H]1C=O. The van der Waals surface area contributed by atoms with E-state index in [1.165, 1.54) is 6.92 Å². The molecule has 0 N–H and O–H groups in total. The van der Waals surface area contributed by atoms with Crippen molar-refractivity contribution in [3.05, 3.63) is 0 Å². The molecule has 0 aromatic heterocycles. The molecule has 0 heterocycles. The molecule has 1 fully saturated rings. The molecule has 3 heteroatoms. The summed E-state index contributed by atoms with van der Waals surface area (Å²) in [6.45, 7) is 3.71. The van der Waals surface area contributed by atoms with Gasteiger partial charge in [0.15, 0.2) is 0 Å². The fourth-order valence-electron chi connectivity index (χ4n) is 1.09. The first-order chi connectivity index (χ1) is 5.08. The summed E-state index contributed by atoms with van der Waals surface area (Å²) >= 11 is 0. The smallest absolute Gasteiger partial charge is 0.302 e. The van der Waals surface area contributed by atoms with Crippen molar-refractivity contribution < 1.29 is 14.3 Å². The van der Waals surface area contributed by atoms with Crippen molar-refractivity contribution in [2.75, 3.05) is 6.61 Å². The van der Waals surface area contributed by atoms with E-state index < -0.39 is 0 Å². The average molecular weight is 156 g/mol. The molecule has 1 rings (SSSR count). The van der Waals surface area contributed by atoms with Crippen LogP contribution in [0.5, 0.6) is 0 Å². The van der Waals surface area contributed by atoms with Gasteiger partial charge in [0, 0.05) is 18.3 Å². The van der Waals surface area contributed by atoms with Gasteiger partial charge in [-0.05, 0) is 6.42 Å². The van der Waals surface area contributed by atoms with Crippen molar-refractivity contribution in [1.29, 1.82) is 0 Å². The second-order valence-corrected chi connectivity index (χ2v) is 3.38. The van der Waals surface area contributed by atoms with E-state index >= 15 is 0 Å². The minimum absolute atomic E-state index is 0.0621. The van der Waals surface area contributed by atoms with E-state index in [9.17, 15) is 9.59 Å². The van der Waals surface area contributed by atoms with Crippen LogP contribution in [0.1, 0.15) is 20.3 Å². The Bertz CT molecular complexity index is 188. The van der Waals surface area contributed by atoms with Gasteiger partial charge in [0.1, 0.15) is 6.29 Å². The number of ether oxygens (including phenoxy) is 1. The standard InChI is InChI=1S/C8H12O3/c1-6(10)11-5-8(2)3-7(8)4-9/h4,7H,3,5H2,1-2H3/t7-,8-/m1/s1. The van der Waals surface area contributed by atoms with Crippen LogP contribution >= 0.6 is 0 Å². The minimum atomic E-state index is -0.275. The first-order valence-electron chi connectivity index (χ1n) is 3.67. The molecule has 0 aromatic carbocycles. The molecule has 0 saturated heterocycles. The maximum Gasteiger partial charge on any atom is 0.302 e. The highest BCUT2D eigenvalue weighted by molar-refractivity contribution is 5.66. The third kappa shape index (κ3) is 1.79. The number of esters is 1. The Kier molecular flexibility index (Phi) is 1.98. The van der Waals surface area contributed by atoms with E-state index in [1.807, 2.05) is 6.92 Å². The maximum absolute atomic E-state index is 10.4. The van der Waals surface area contributed by atoms with Crippen LogP contribution in [-0.4, -0.2) is 18.9 Å². The maximum atomic E-state index is 10.4. The molecule has 0 aromatic rings. The van der Waals surface area contributed by atoms with Crippen LogP contribution in [0, 0.1) is 11.3 Å². The summed E-state index contributed by atoms with van der Waals surface area (Å²) in [4.78, 5) is 20.7. The summed E-state index contributed by atoms with van der Waals surface area (Å²) < 4.78 is 4.80. The quantitative estimate of drug-likeness (QED) is 0.448. The Morgan fingerprint density at radius 3 is 2.82 bits per heavy atom.